The van der Waals surface area contributed by atoms with Gasteiger partial charge in [0.1, 0.15) is 11.6 Å². The number of ether oxygens (including phenoxy) is 1. The lowest BCUT2D eigenvalue weighted by Gasteiger charge is -2.40. The first-order valence-electron chi connectivity index (χ1n) is 12.1. The quantitative estimate of drug-likeness (QED) is 0.520. The Balaban J connectivity index is 2.10. The molecule has 0 aromatic heterocycles. The number of aliphatic hydroxyl groups is 1. The number of rotatable bonds is 8. The number of nitrogens with one attached hydrogen (secondary N) is 2. The summed E-state index contributed by atoms with van der Waals surface area (Å²) in [5.41, 5.74) is -2.34. The fourth-order valence-corrected chi connectivity index (χ4v) is 6.03. The number of carbonyl (C=O) groups is 3. The molecular formula is C24H41N3O5. The second-order valence-corrected chi connectivity index (χ2v) is 11.1. The van der Waals surface area contributed by atoms with Crippen molar-refractivity contribution < 1.29 is 24.2 Å². The molecule has 3 amide bonds. The van der Waals surface area contributed by atoms with Gasteiger partial charge in [0.2, 0.25) is 17.7 Å². The first-order valence-corrected chi connectivity index (χ1v) is 12.1. The molecule has 3 fully saturated rings. The van der Waals surface area contributed by atoms with Crippen LogP contribution in [-0.2, 0) is 19.1 Å². The van der Waals surface area contributed by atoms with Crippen molar-refractivity contribution in [3.05, 3.63) is 0 Å². The van der Waals surface area contributed by atoms with E-state index in [0.29, 0.717) is 19.4 Å². The third kappa shape index (κ3) is 3.83. The van der Waals surface area contributed by atoms with E-state index in [0.717, 1.165) is 12.8 Å². The summed E-state index contributed by atoms with van der Waals surface area (Å²) in [4.78, 5) is 42.4. The van der Waals surface area contributed by atoms with Crippen LogP contribution in [0.2, 0.25) is 0 Å². The van der Waals surface area contributed by atoms with E-state index in [1.807, 2.05) is 48.5 Å². The molecule has 3 N–H and O–H groups in total. The molecule has 3 aliphatic heterocycles. The average molecular weight is 452 g/mol. The molecule has 0 aliphatic carbocycles. The molecule has 3 rings (SSSR count). The summed E-state index contributed by atoms with van der Waals surface area (Å²) in [5, 5.41) is 16.2. The highest BCUT2D eigenvalue weighted by molar-refractivity contribution is 5.99. The summed E-state index contributed by atoms with van der Waals surface area (Å²) in [5.74, 6) is -2.11. The molecule has 2 bridgehead atoms. The van der Waals surface area contributed by atoms with Crippen LogP contribution in [0.25, 0.3) is 0 Å². The number of hydrogen-bond acceptors (Lipinski definition) is 5. The van der Waals surface area contributed by atoms with Crippen LogP contribution < -0.4 is 10.6 Å². The summed E-state index contributed by atoms with van der Waals surface area (Å²) in [6.07, 6.45) is 2.69. The van der Waals surface area contributed by atoms with Gasteiger partial charge in [-0.2, -0.15) is 0 Å². The van der Waals surface area contributed by atoms with Gasteiger partial charge in [-0.05, 0) is 52.9 Å². The van der Waals surface area contributed by atoms with Gasteiger partial charge in [-0.3, -0.25) is 14.4 Å². The van der Waals surface area contributed by atoms with E-state index in [1.54, 1.807) is 4.90 Å². The molecule has 3 heterocycles. The first-order chi connectivity index (χ1) is 14.9. The molecule has 3 aliphatic rings. The number of nitrogens with zero attached hydrogens (tertiary/aromatic N) is 1. The molecule has 3 saturated heterocycles. The van der Waals surface area contributed by atoms with Gasteiger partial charge in [0, 0.05) is 12.1 Å². The summed E-state index contributed by atoms with van der Waals surface area (Å²) < 4.78 is 6.58. The van der Waals surface area contributed by atoms with Gasteiger partial charge in [0.25, 0.3) is 0 Å². The number of amides is 3. The van der Waals surface area contributed by atoms with Crippen molar-refractivity contribution in [1.29, 1.82) is 0 Å². The molecule has 0 saturated carbocycles. The number of hydrogen-bond donors (Lipinski definition) is 3. The van der Waals surface area contributed by atoms with Crippen molar-refractivity contribution in [3.63, 3.8) is 0 Å². The fourth-order valence-electron chi connectivity index (χ4n) is 6.03. The molecule has 0 aromatic rings. The summed E-state index contributed by atoms with van der Waals surface area (Å²) in [7, 11) is 0. The highest BCUT2D eigenvalue weighted by Crippen LogP contribution is 2.63. The lowest BCUT2D eigenvalue weighted by Crippen LogP contribution is -2.61. The van der Waals surface area contributed by atoms with E-state index in [1.165, 1.54) is 0 Å². The minimum Gasteiger partial charge on any atom is -0.394 e. The van der Waals surface area contributed by atoms with Crippen molar-refractivity contribution in [2.75, 3.05) is 13.2 Å². The van der Waals surface area contributed by atoms with Gasteiger partial charge in [0.05, 0.1) is 30.1 Å². The Hall–Kier alpha value is -1.67. The Labute approximate surface area is 191 Å². The molecule has 2 unspecified atom stereocenters. The number of fused-ring (bicyclic) bond motifs is 1. The first kappa shape index (κ1) is 25.0. The molecule has 0 radical (unpaired) electrons. The van der Waals surface area contributed by atoms with Crippen molar-refractivity contribution in [1.82, 2.24) is 15.5 Å². The summed E-state index contributed by atoms with van der Waals surface area (Å²) >= 11 is 0. The SMILES string of the molecule is CCCNC(=O)[C@H]1[C@H]2C(=O)N([C@@H](CO)[C@@H](C)CC)C(C(=O)NC(C)(C)C)C23CC[C@]1(C)O3. The van der Waals surface area contributed by atoms with Crippen LogP contribution in [0.15, 0.2) is 0 Å². The molecule has 8 heteroatoms. The smallest absolute Gasteiger partial charge is 0.246 e. The molecule has 8 nitrogen and oxygen atoms in total. The zero-order valence-electron chi connectivity index (χ0n) is 20.7. The number of aliphatic hydroxyl groups excluding tert-OH is 1. The van der Waals surface area contributed by atoms with Crippen molar-refractivity contribution in [3.8, 4) is 0 Å². The van der Waals surface area contributed by atoms with E-state index < -0.39 is 40.7 Å². The maximum atomic E-state index is 14.0. The highest BCUT2D eigenvalue weighted by atomic mass is 16.5. The number of carbonyl (C=O) groups excluding carboxylic acids is 3. The van der Waals surface area contributed by atoms with Crippen LogP contribution in [0.4, 0.5) is 0 Å². The zero-order chi connectivity index (χ0) is 24.1. The van der Waals surface area contributed by atoms with Crippen LogP contribution in [0.3, 0.4) is 0 Å². The van der Waals surface area contributed by atoms with Gasteiger partial charge in [-0.1, -0.05) is 27.2 Å². The zero-order valence-corrected chi connectivity index (χ0v) is 20.7. The van der Waals surface area contributed by atoms with Gasteiger partial charge in [0.15, 0.2) is 0 Å². The maximum Gasteiger partial charge on any atom is 0.246 e. The largest absolute Gasteiger partial charge is 0.394 e. The van der Waals surface area contributed by atoms with E-state index >= 15 is 0 Å². The van der Waals surface area contributed by atoms with E-state index in [2.05, 4.69) is 10.6 Å². The monoisotopic (exact) mass is 451 g/mol. The van der Waals surface area contributed by atoms with Crippen LogP contribution in [-0.4, -0.2) is 69.7 Å². The van der Waals surface area contributed by atoms with Crippen molar-refractivity contribution >= 4 is 17.7 Å². The maximum absolute atomic E-state index is 14.0. The number of likely N-dealkylation sites (tertiary alicyclic amines) is 1. The molecule has 1 spiro atoms. The van der Waals surface area contributed by atoms with Gasteiger partial charge < -0.3 is 25.4 Å². The predicted molar refractivity (Wildman–Crippen MR) is 121 cm³/mol. The van der Waals surface area contributed by atoms with Crippen molar-refractivity contribution in [2.45, 2.75) is 103 Å². The van der Waals surface area contributed by atoms with E-state index in [9.17, 15) is 19.5 Å². The van der Waals surface area contributed by atoms with Gasteiger partial charge in [-0.15, -0.1) is 0 Å². The Morgan fingerprint density at radius 3 is 2.44 bits per heavy atom. The Bertz CT molecular complexity index is 765. The summed E-state index contributed by atoms with van der Waals surface area (Å²) in [6, 6.07) is -1.39. The molecular weight excluding hydrogens is 410 g/mol. The highest BCUT2D eigenvalue weighted by Gasteiger charge is 2.78. The van der Waals surface area contributed by atoms with Crippen LogP contribution in [0.5, 0.6) is 0 Å². The minimum atomic E-state index is -1.06. The molecule has 7 atom stereocenters. The lowest BCUT2D eigenvalue weighted by atomic mass is 9.66. The fraction of sp³-hybridized carbons (Fsp3) is 0.875. The molecule has 182 valence electrons. The van der Waals surface area contributed by atoms with E-state index in [4.69, 9.17) is 4.74 Å². The van der Waals surface area contributed by atoms with Crippen LogP contribution in [0, 0.1) is 17.8 Å². The lowest BCUT2D eigenvalue weighted by molar-refractivity contribution is -0.151. The van der Waals surface area contributed by atoms with E-state index in [-0.39, 0.29) is 30.2 Å². The second-order valence-electron chi connectivity index (χ2n) is 11.1. The Morgan fingerprint density at radius 1 is 1.25 bits per heavy atom. The van der Waals surface area contributed by atoms with Gasteiger partial charge >= 0.3 is 0 Å². The Kier molecular flexibility index (Phi) is 6.71. The van der Waals surface area contributed by atoms with Crippen molar-refractivity contribution in [2.24, 2.45) is 17.8 Å². The molecule has 32 heavy (non-hydrogen) atoms. The third-order valence-corrected chi connectivity index (χ3v) is 7.64. The second kappa shape index (κ2) is 8.60. The van der Waals surface area contributed by atoms with Crippen LogP contribution >= 0.6 is 0 Å². The topological polar surface area (TPSA) is 108 Å². The minimum absolute atomic E-state index is 0.00994. The Morgan fingerprint density at radius 2 is 1.91 bits per heavy atom. The third-order valence-electron chi connectivity index (χ3n) is 7.64. The standard InChI is InChI=1S/C24H41N3O5/c1-8-12-25-19(29)16-17-21(31)27(15(13-28)14(3)9-2)18(20(30)26-22(4,5)6)24(17)11-10-23(16,7)32-24/h14-18,28H,8-13H2,1-7H3,(H,25,29)(H,26,30)/t14-,15-,16+,17-,18?,23-,24?/m0/s1. The normalized spacial score (nSPS) is 35.6. The average Bonchev–Trinajstić information content (AvgIpc) is 3.26. The predicted octanol–water partition coefficient (Wildman–Crippen LogP) is 1.60. The van der Waals surface area contributed by atoms with Gasteiger partial charge in [-0.25, -0.2) is 0 Å². The van der Waals surface area contributed by atoms with Crippen LogP contribution in [0.1, 0.15) is 74.1 Å². The summed E-state index contributed by atoms with van der Waals surface area (Å²) in [6.45, 7) is 13.8. The molecule has 0 aromatic carbocycles.